The summed E-state index contributed by atoms with van der Waals surface area (Å²) in [5.74, 6) is -0.521. The van der Waals surface area contributed by atoms with Gasteiger partial charge in [0.2, 0.25) is 0 Å². The Morgan fingerprint density at radius 2 is 1.65 bits per heavy atom. The molecule has 3 rings (SSSR count). The number of esters is 1. The highest BCUT2D eigenvalue weighted by atomic mass is 35.5. The molecule has 0 unspecified atom stereocenters. The zero-order chi connectivity index (χ0) is 16.4. The Balaban J connectivity index is 1.88. The van der Waals surface area contributed by atoms with Crippen molar-refractivity contribution in [1.29, 1.82) is 0 Å². The summed E-state index contributed by atoms with van der Waals surface area (Å²) in [6, 6.07) is 12.6. The third-order valence-electron chi connectivity index (χ3n) is 3.29. The molecule has 0 radical (unpaired) electrons. The number of hydrogen-bond acceptors (Lipinski definition) is 4. The van der Waals surface area contributed by atoms with E-state index in [1.165, 1.54) is 0 Å². The fourth-order valence-electron chi connectivity index (χ4n) is 2.12. The van der Waals surface area contributed by atoms with Crippen LogP contribution in [-0.2, 0) is 11.3 Å². The highest BCUT2D eigenvalue weighted by Crippen LogP contribution is 2.26. The third kappa shape index (κ3) is 3.44. The molecule has 2 aromatic carbocycles. The van der Waals surface area contributed by atoms with E-state index in [9.17, 15) is 4.79 Å². The molecule has 0 N–H and O–H groups in total. The Morgan fingerprint density at radius 1 is 1.04 bits per heavy atom. The van der Waals surface area contributed by atoms with E-state index >= 15 is 0 Å². The van der Waals surface area contributed by atoms with Gasteiger partial charge in [-0.05, 0) is 24.6 Å². The molecule has 1 aromatic heterocycles. The first kappa shape index (κ1) is 15.7. The van der Waals surface area contributed by atoms with Gasteiger partial charge in [0.25, 0.3) is 0 Å². The number of rotatable bonds is 3. The van der Waals surface area contributed by atoms with E-state index in [1.807, 2.05) is 30.3 Å². The Hall–Kier alpha value is -2.17. The van der Waals surface area contributed by atoms with Crippen molar-refractivity contribution in [2.75, 3.05) is 0 Å². The van der Waals surface area contributed by atoms with Crippen LogP contribution in [0.1, 0.15) is 21.7 Å². The van der Waals surface area contributed by atoms with Gasteiger partial charge in [-0.2, -0.15) is 0 Å². The summed E-state index contributed by atoms with van der Waals surface area (Å²) in [7, 11) is 0. The van der Waals surface area contributed by atoms with Crippen molar-refractivity contribution in [1.82, 2.24) is 9.97 Å². The van der Waals surface area contributed by atoms with Gasteiger partial charge in [0, 0.05) is 0 Å². The molecule has 0 aliphatic carbocycles. The number of halogens is 2. The molecule has 4 nitrogen and oxygen atoms in total. The highest BCUT2D eigenvalue weighted by Gasteiger charge is 2.16. The molecule has 116 valence electrons. The van der Waals surface area contributed by atoms with E-state index in [0.717, 1.165) is 5.56 Å². The van der Waals surface area contributed by atoms with Crippen LogP contribution in [0.4, 0.5) is 0 Å². The van der Waals surface area contributed by atoms with Crippen molar-refractivity contribution in [2.24, 2.45) is 0 Å². The predicted molar refractivity (Wildman–Crippen MR) is 89.9 cm³/mol. The monoisotopic (exact) mass is 346 g/mol. The first-order valence-corrected chi connectivity index (χ1v) is 7.64. The molecule has 0 saturated carbocycles. The van der Waals surface area contributed by atoms with Crippen molar-refractivity contribution >= 4 is 40.2 Å². The van der Waals surface area contributed by atoms with Crippen LogP contribution in [-0.4, -0.2) is 15.9 Å². The molecule has 1 heterocycles. The maximum atomic E-state index is 12.3. The number of hydrogen-bond donors (Lipinski definition) is 0. The second-order valence-corrected chi connectivity index (χ2v) is 5.79. The van der Waals surface area contributed by atoms with Gasteiger partial charge in [0.1, 0.15) is 6.61 Å². The Kier molecular flexibility index (Phi) is 4.46. The lowest BCUT2D eigenvalue weighted by Gasteiger charge is -2.08. The average Bonchev–Trinajstić information content (AvgIpc) is 2.55. The summed E-state index contributed by atoms with van der Waals surface area (Å²) in [5.41, 5.74) is 2.64. The Bertz CT molecular complexity index is 883. The van der Waals surface area contributed by atoms with Crippen molar-refractivity contribution in [3.63, 3.8) is 0 Å². The van der Waals surface area contributed by atoms with E-state index in [-0.39, 0.29) is 12.3 Å². The first-order chi connectivity index (χ1) is 11.0. The van der Waals surface area contributed by atoms with Crippen LogP contribution in [0, 0.1) is 6.92 Å². The molecule has 0 aliphatic heterocycles. The lowest BCUT2D eigenvalue weighted by Crippen LogP contribution is -2.11. The van der Waals surface area contributed by atoms with Crippen LogP contribution < -0.4 is 0 Å². The minimum atomic E-state index is -0.521. The van der Waals surface area contributed by atoms with Gasteiger partial charge in [-0.15, -0.1) is 0 Å². The lowest BCUT2D eigenvalue weighted by atomic mass is 10.2. The van der Waals surface area contributed by atoms with Gasteiger partial charge in [0.15, 0.2) is 5.69 Å². The number of carbonyl (C=O) groups excluding carboxylic acids is 1. The SMILES string of the molecule is Cc1nc2cc(Cl)c(Cl)cc2nc1C(=O)OCc1ccccc1. The minimum absolute atomic E-state index is 0.173. The van der Waals surface area contributed by atoms with Crippen molar-refractivity contribution in [2.45, 2.75) is 13.5 Å². The van der Waals surface area contributed by atoms with E-state index in [2.05, 4.69) is 9.97 Å². The quantitative estimate of drug-likeness (QED) is 0.650. The summed E-state index contributed by atoms with van der Waals surface area (Å²) in [6.07, 6.45) is 0. The average molecular weight is 347 g/mol. The lowest BCUT2D eigenvalue weighted by molar-refractivity contribution is 0.0464. The van der Waals surface area contributed by atoms with E-state index in [1.54, 1.807) is 19.1 Å². The molecule has 23 heavy (non-hydrogen) atoms. The molecular formula is C17H12Cl2N2O2. The zero-order valence-electron chi connectivity index (χ0n) is 12.2. The number of ether oxygens (including phenoxy) is 1. The van der Waals surface area contributed by atoms with Gasteiger partial charge in [-0.1, -0.05) is 53.5 Å². The molecule has 0 saturated heterocycles. The molecule has 3 aromatic rings. The molecule has 0 spiro atoms. The Morgan fingerprint density at radius 3 is 2.30 bits per heavy atom. The van der Waals surface area contributed by atoms with Crippen molar-refractivity contribution < 1.29 is 9.53 Å². The summed E-state index contributed by atoms with van der Waals surface area (Å²) >= 11 is 12.0. The number of aromatic nitrogens is 2. The van der Waals surface area contributed by atoms with Crippen LogP contribution in [0.2, 0.25) is 10.0 Å². The number of fused-ring (bicyclic) bond motifs is 1. The summed E-state index contributed by atoms with van der Waals surface area (Å²) < 4.78 is 5.30. The smallest absolute Gasteiger partial charge is 0.359 e. The second-order valence-electron chi connectivity index (χ2n) is 4.97. The fourth-order valence-corrected chi connectivity index (χ4v) is 2.44. The minimum Gasteiger partial charge on any atom is -0.456 e. The summed E-state index contributed by atoms with van der Waals surface area (Å²) in [6.45, 7) is 1.88. The molecular weight excluding hydrogens is 335 g/mol. The second kappa shape index (κ2) is 6.52. The number of nitrogens with zero attached hydrogens (tertiary/aromatic N) is 2. The van der Waals surface area contributed by atoms with Gasteiger partial charge in [-0.25, -0.2) is 14.8 Å². The van der Waals surface area contributed by atoms with Crippen LogP contribution in [0.25, 0.3) is 11.0 Å². The molecule has 0 fully saturated rings. The van der Waals surface area contributed by atoms with E-state index < -0.39 is 5.97 Å². The van der Waals surface area contributed by atoms with Crippen LogP contribution in [0.3, 0.4) is 0 Å². The predicted octanol–water partition coefficient (Wildman–Crippen LogP) is 4.60. The van der Waals surface area contributed by atoms with E-state index in [4.69, 9.17) is 27.9 Å². The van der Waals surface area contributed by atoms with Crippen LogP contribution >= 0.6 is 23.2 Å². The largest absolute Gasteiger partial charge is 0.456 e. The highest BCUT2D eigenvalue weighted by molar-refractivity contribution is 6.42. The van der Waals surface area contributed by atoms with Gasteiger partial charge in [0.05, 0.1) is 26.8 Å². The van der Waals surface area contributed by atoms with Gasteiger partial charge >= 0.3 is 5.97 Å². The van der Waals surface area contributed by atoms with Gasteiger partial charge in [-0.3, -0.25) is 0 Å². The third-order valence-corrected chi connectivity index (χ3v) is 4.01. The summed E-state index contributed by atoms with van der Waals surface area (Å²) in [5, 5.41) is 0.758. The van der Waals surface area contributed by atoms with Gasteiger partial charge < -0.3 is 4.74 Å². The van der Waals surface area contributed by atoms with E-state index in [0.29, 0.717) is 26.8 Å². The molecule has 6 heteroatoms. The zero-order valence-corrected chi connectivity index (χ0v) is 13.7. The van der Waals surface area contributed by atoms with Crippen molar-refractivity contribution in [3.05, 3.63) is 69.5 Å². The summed E-state index contributed by atoms with van der Waals surface area (Å²) in [4.78, 5) is 20.9. The molecule has 0 aliphatic rings. The Labute approximate surface area is 143 Å². The number of benzene rings is 2. The molecule has 0 atom stereocenters. The topological polar surface area (TPSA) is 52.1 Å². The molecule has 0 bridgehead atoms. The number of aryl methyl sites for hydroxylation is 1. The van der Waals surface area contributed by atoms with Crippen molar-refractivity contribution in [3.8, 4) is 0 Å². The first-order valence-electron chi connectivity index (χ1n) is 6.89. The van der Waals surface area contributed by atoms with Crippen LogP contribution in [0.5, 0.6) is 0 Å². The normalized spacial score (nSPS) is 10.7. The standard InChI is InChI=1S/C17H12Cl2N2O2/c1-10-16(17(22)23-9-11-5-3-2-4-6-11)21-15-8-13(19)12(18)7-14(15)20-10/h2-8H,9H2,1H3. The number of carbonyl (C=O) groups is 1. The molecule has 0 amide bonds. The van der Waals surface area contributed by atoms with Crippen LogP contribution in [0.15, 0.2) is 42.5 Å². The maximum Gasteiger partial charge on any atom is 0.359 e. The fraction of sp³-hybridized carbons (Fsp3) is 0.118. The maximum absolute atomic E-state index is 12.3.